The van der Waals surface area contributed by atoms with E-state index in [1.807, 2.05) is 12.1 Å². The lowest BCUT2D eigenvalue weighted by molar-refractivity contribution is 0.00590. The largest absolute Gasteiger partial charge is 0.483 e. The summed E-state index contributed by atoms with van der Waals surface area (Å²) in [5, 5.41) is 3.35. The van der Waals surface area contributed by atoms with E-state index in [2.05, 4.69) is 16.3 Å². The average molecular weight is 278 g/mol. The maximum atomic E-state index is 6.03. The minimum absolute atomic E-state index is 0.348. The van der Waals surface area contributed by atoms with Gasteiger partial charge >= 0.3 is 0 Å². The highest BCUT2D eigenvalue weighted by Gasteiger charge is 2.37. The second-order valence-electron chi connectivity index (χ2n) is 5.32. The van der Waals surface area contributed by atoms with Gasteiger partial charge in [-0.1, -0.05) is 6.07 Å². The third-order valence-electron chi connectivity index (χ3n) is 3.97. The van der Waals surface area contributed by atoms with Crippen LogP contribution in [0.25, 0.3) is 0 Å². The van der Waals surface area contributed by atoms with Crippen molar-refractivity contribution in [2.24, 2.45) is 11.5 Å². The minimum atomic E-state index is -0.602. The van der Waals surface area contributed by atoms with Crippen LogP contribution in [0.2, 0.25) is 0 Å². The van der Waals surface area contributed by atoms with Crippen molar-refractivity contribution in [3.05, 3.63) is 18.2 Å². The molecule has 0 radical (unpaired) electrons. The monoisotopic (exact) mass is 278 g/mol. The third kappa shape index (κ3) is 2.30. The predicted octanol–water partition coefficient (Wildman–Crippen LogP) is -0.476. The quantitative estimate of drug-likeness (QED) is 0.693. The van der Waals surface area contributed by atoms with Crippen LogP contribution in [0.4, 0.5) is 5.69 Å². The molecule has 6 heteroatoms. The molecule has 0 unspecified atom stereocenters. The van der Waals surface area contributed by atoms with E-state index in [1.165, 1.54) is 0 Å². The molecule has 0 aromatic heterocycles. The van der Waals surface area contributed by atoms with Gasteiger partial charge in [-0.3, -0.25) is 0 Å². The number of ether oxygens (including phenoxy) is 2. The van der Waals surface area contributed by atoms with Crippen LogP contribution in [0.15, 0.2) is 18.2 Å². The van der Waals surface area contributed by atoms with Crippen molar-refractivity contribution in [1.29, 1.82) is 0 Å². The summed E-state index contributed by atoms with van der Waals surface area (Å²) in [5.74, 6) is 1.55. The molecule has 0 atom stereocenters. The maximum absolute atomic E-state index is 6.03. The minimum Gasteiger partial charge on any atom is -0.483 e. The molecule has 0 aliphatic carbocycles. The number of nitrogens with two attached hydrogens (primary N) is 2. The Kier molecular flexibility index (Phi) is 3.69. The van der Waals surface area contributed by atoms with E-state index in [0.29, 0.717) is 19.7 Å². The molecular weight excluding hydrogens is 256 g/mol. The van der Waals surface area contributed by atoms with Crippen LogP contribution in [-0.2, 0) is 0 Å². The van der Waals surface area contributed by atoms with Crippen LogP contribution < -0.4 is 31.2 Å². The zero-order valence-electron chi connectivity index (χ0n) is 11.6. The second-order valence-corrected chi connectivity index (χ2v) is 5.32. The van der Waals surface area contributed by atoms with Gasteiger partial charge in [0.05, 0.1) is 5.69 Å². The molecule has 2 aliphatic heterocycles. The second kappa shape index (κ2) is 5.47. The van der Waals surface area contributed by atoms with Gasteiger partial charge in [-0.15, -0.1) is 0 Å². The van der Waals surface area contributed by atoms with E-state index in [-0.39, 0.29) is 0 Å². The Morgan fingerprint density at radius 3 is 2.65 bits per heavy atom. The Morgan fingerprint density at radius 1 is 1.20 bits per heavy atom. The first-order valence-electron chi connectivity index (χ1n) is 7.09. The van der Waals surface area contributed by atoms with Crippen molar-refractivity contribution in [2.45, 2.75) is 5.60 Å². The van der Waals surface area contributed by atoms with E-state index in [1.54, 1.807) is 0 Å². The highest BCUT2D eigenvalue weighted by molar-refractivity contribution is 5.65. The van der Waals surface area contributed by atoms with Gasteiger partial charge in [-0.2, -0.15) is 0 Å². The number of nitrogens with zero attached hydrogens (tertiary/aromatic N) is 1. The topological polar surface area (TPSA) is 85.8 Å². The van der Waals surface area contributed by atoms with Gasteiger partial charge in [0.15, 0.2) is 17.1 Å². The fourth-order valence-electron chi connectivity index (χ4n) is 2.64. The van der Waals surface area contributed by atoms with Gasteiger partial charge in [0.25, 0.3) is 0 Å². The molecule has 1 aromatic carbocycles. The van der Waals surface area contributed by atoms with Crippen molar-refractivity contribution in [1.82, 2.24) is 5.32 Å². The van der Waals surface area contributed by atoms with Gasteiger partial charge in [0.1, 0.15) is 6.61 Å². The number of hydrogen-bond acceptors (Lipinski definition) is 6. The van der Waals surface area contributed by atoms with Crippen molar-refractivity contribution in [2.75, 3.05) is 50.8 Å². The highest BCUT2D eigenvalue weighted by Crippen LogP contribution is 2.42. The molecule has 1 aromatic rings. The summed E-state index contributed by atoms with van der Waals surface area (Å²) >= 11 is 0. The first-order chi connectivity index (χ1) is 9.78. The number of rotatable bonds is 3. The molecule has 0 saturated carbocycles. The fourth-order valence-corrected chi connectivity index (χ4v) is 2.64. The van der Waals surface area contributed by atoms with Crippen LogP contribution in [0.1, 0.15) is 0 Å². The molecule has 2 aliphatic rings. The van der Waals surface area contributed by atoms with Gasteiger partial charge in [-0.05, 0) is 12.1 Å². The molecule has 3 rings (SSSR count). The van der Waals surface area contributed by atoms with Crippen molar-refractivity contribution in [3.63, 3.8) is 0 Å². The number of nitrogens with one attached hydrogen (secondary N) is 1. The molecule has 2 heterocycles. The summed E-state index contributed by atoms with van der Waals surface area (Å²) in [5.41, 5.74) is 12.1. The zero-order chi connectivity index (χ0) is 14.0. The average Bonchev–Trinajstić information content (AvgIpc) is 2.54. The molecule has 20 heavy (non-hydrogen) atoms. The molecule has 0 bridgehead atoms. The lowest BCUT2D eigenvalue weighted by atomic mass is 10.0. The predicted molar refractivity (Wildman–Crippen MR) is 78.5 cm³/mol. The summed E-state index contributed by atoms with van der Waals surface area (Å²) in [6.45, 7) is 5.01. The Bertz CT molecular complexity index is 470. The Labute approximate surface area is 119 Å². The number of anilines is 1. The summed E-state index contributed by atoms with van der Waals surface area (Å²) in [6, 6.07) is 5.98. The molecule has 110 valence electrons. The molecule has 0 spiro atoms. The number of piperazine rings is 1. The van der Waals surface area contributed by atoms with Crippen LogP contribution >= 0.6 is 0 Å². The smallest absolute Gasteiger partial charge is 0.184 e. The van der Waals surface area contributed by atoms with E-state index >= 15 is 0 Å². The number of hydrogen-bond donors (Lipinski definition) is 3. The Balaban J connectivity index is 1.89. The van der Waals surface area contributed by atoms with Crippen LogP contribution in [-0.4, -0.2) is 51.5 Å². The van der Waals surface area contributed by atoms with E-state index < -0.39 is 5.60 Å². The maximum Gasteiger partial charge on any atom is 0.184 e. The van der Waals surface area contributed by atoms with Crippen molar-refractivity contribution in [3.8, 4) is 11.5 Å². The van der Waals surface area contributed by atoms with Crippen molar-refractivity contribution >= 4 is 5.69 Å². The van der Waals surface area contributed by atoms with Gasteiger partial charge in [0, 0.05) is 39.3 Å². The Morgan fingerprint density at radius 2 is 1.95 bits per heavy atom. The standard InChI is InChI=1S/C14H22N4O2/c15-8-14(9-16)10-19-13-11(2-1-3-12(13)20-14)18-6-4-17-5-7-18/h1-3,17H,4-10,15-16H2. The van der Waals surface area contributed by atoms with Crippen LogP contribution in [0.3, 0.4) is 0 Å². The molecule has 0 amide bonds. The van der Waals surface area contributed by atoms with Crippen LogP contribution in [0, 0.1) is 0 Å². The summed E-state index contributed by atoms with van der Waals surface area (Å²) in [7, 11) is 0. The molecule has 1 fully saturated rings. The van der Waals surface area contributed by atoms with Gasteiger partial charge < -0.3 is 31.2 Å². The summed E-state index contributed by atoms with van der Waals surface area (Å²) < 4.78 is 12.0. The zero-order valence-corrected chi connectivity index (χ0v) is 11.6. The van der Waals surface area contributed by atoms with Gasteiger partial charge in [-0.25, -0.2) is 0 Å². The molecular formula is C14H22N4O2. The molecule has 6 nitrogen and oxygen atoms in total. The van der Waals surface area contributed by atoms with E-state index in [4.69, 9.17) is 20.9 Å². The first kappa shape index (κ1) is 13.5. The lowest BCUT2D eigenvalue weighted by Gasteiger charge is -2.39. The SMILES string of the molecule is NCC1(CN)COc2c(cccc2N2CCNCC2)O1. The van der Waals surface area contributed by atoms with Crippen molar-refractivity contribution < 1.29 is 9.47 Å². The van der Waals surface area contributed by atoms with E-state index in [0.717, 1.165) is 43.4 Å². The lowest BCUT2D eigenvalue weighted by Crippen LogP contribution is -2.56. The molecule has 1 saturated heterocycles. The van der Waals surface area contributed by atoms with Crippen LogP contribution in [0.5, 0.6) is 11.5 Å². The number of benzene rings is 1. The first-order valence-corrected chi connectivity index (χ1v) is 7.09. The van der Waals surface area contributed by atoms with Gasteiger partial charge in [0.2, 0.25) is 0 Å². The summed E-state index contributed by atoms with van der Waals surface area (Å²) in [4.78, 5) is 2.32. The van der Waals surface area contributed by atoms with E-state index in [9.17, 15) is 0 Å². The highest BCUT2D eigenvalue weighted by atomic mass is 16.6. The fraction of sp³-hybridized carbons (Fsp3) is 0.571. The number of para-hydroxylation sites is 1. The Hall–Kier alpha value is -1.50. The number of fused-ring (bicyclic) bond motifs is 1. The normalized spacial score (nSPS) is 20.8. The third-order valence-corrected chi connectivity index (χ3v) is 3.97. The summed E-state index contributed by atoms with van der Waals surface area (Å²) in [6.07, 6.45) is 0. The molecule has 5 N–H and O–H groups in total.